The predicted molar refractivity (Wildman–Crippen MR) is 95.4 cm³/mol. The second-order valence-corrected chi connectivity index (χ2v) is 5.93. The molecular formula is C17H24N3P. The van der Waals surface area contributed by atoms with Crippen LogP contribution in [-0.4, -0.2) is 22.4 Å². The van der Waals surface area contributed by atoms with Crippen molar-refractivity contribution in [1.82, 2.24) is 9.97 Å². The topological polar surface area (TPSA) is 29.0 Å². The van der Waals surface area contributed by atoms with Gasteiger partial charge < -0.3 is 4.90 Å². The number of hydrogen-bond donors (Lipinski definition) is 0. The number of rotatable bonds is 5. The van der Waals surface area contributed by atoms with Crippen LogP contribution in [0.25, 0.3) is 0 Å². The molecule has 0 unspecified atom stereocenters. The Balaban J connectivity index is 3.26. The van der Waals surface area contributed by atoms with Crippen LogP contribution in [0, 0.1) is 6.92 Å². The first kappa shape index (κ1) is 17.3. The van der Waals surface area contributed by atoms with Crippen LogP contribution in [0.1, 0.15) is 33.3 Å². The Kier molecular flexibility index (Phi) is 6.04. The van der Waals surface area contributed by atoms with E-state index in [1.165, 1.54) is 11.1 Å². The van der Waals surface area contributed by atoms with Gasteiger partial charge in [-0.05, 0) is 45.8 Å². The van der Waals surface area contributed by atoms with E-state index in [1.54, 1.807) is 0 Å². The SMILES string of the molecule is C=CC(=C(C)C)C(C(=P)N(C)c1ncc(C)cn1)=C(C)C. The Hall–Kier alpha value is -1.73. The van der Waals surface area contributed by atoms with E-state index >= 15 is 0 Å². The minimum Gasteiger partial charge on any atom is -0.310 e. The number of hydrogen-bond acceptors (Lipinski definition) is 2. The first-order valence-corrected chi connectivity index (χ1v) is 7.38. The van der Waals surface area contributed by atoms with Gasteiger partial charge in [0.2, 0.25) is 5.95 Å². The summed E-state index contributed by atoms with van der Waals surface area (Å²) in [6.07, 6.45) is 5.52. The molecule has 0 fully saturated rings. The average molecular weight is 301 g/mol. The molecule has 0 aromatic carbocycles. The molecular weight excluding hydrogens is 277 g/mol. The van der Waals surface area contributed by atoms with Crippen LogP contribution in [0.2, 0.25) is 0 Å². The summed E-state index contributed by atoms with van der Waals surface area (Å²) in [5.74, 6) is 0.654. The van der Waals surface area contributed by atoms with Crippen molar-refractivity contribution in [2.45, 2.75) is 34.6 Å². The lowest BCUT2D eigenvalue weighted by Crippen LogP contribution is -2.28. The van der Waals surface area contributed by atoms with E-state index in [0.717, 1.165) is 22.1 Å². The molecule has 1 aromatic rings. The Morgan fingerprint density at radius 2 is 1.67 bits per heavy atom. The van der Waals surface area contributed by atoms with Gasteiger partial charge in [0.25, 0.3) is 0 Å². The number of anilines is 1. The summed E-state index contributed by atoms with van der Waals surface area (Å²) in [6.45, 7) is 14.3. The van der Waals surface area contributed by atoms with Crippen molar-refractivity contribution in [3.63, 3.8) is 0 Å². The molecule has 0 amide bonds. The lowest BCUT2D eigenvalue weighted by molar-refractivity contribution is 1.05. The third-order valence-corrected chi connectivity index (χ3v) is 3.74. The van der Waals surface area contributed by atoms with Crippen LogP contribution in [0.3, 0.4) is 0 Å². The fourth-order valence-corrected chi connectivity index (χ4v) is 2.50. The summed E-state index contributed by atoms with van der Waals surface area (Å²) in [6, 6.07) is 0. The number of likely N-dealkylation sites (N-methyl/N-ethyl adjacent to an activating group) is 1. The van der Waals surface area contributed by atoms with Crippen LogP contribution in [0.4, 0.5) is 5.95 Å². The molecule has 0 atom stereocenters. The van der Waals surface area contributed by atoms with Gasteiger partial charge >= 0.3 is 0 Å². The van der Waals surface area contributed by atoms with Crippen molar-refractivity contribution >= 4 is 20.2 Å². The van der Waals surface area contributed by atoms with Crippen molar-refractivity contribution in [3.8, 4) is 0 Å². The number of aryl methyl sites for hydroxylation is 1. The summed E-state index contributed by atoms with van der Waals surface area (Å²) in [7, 11) is 5.70. The zero-order chi connectivity index (χ0) is 16.2. The van der Waals surface area contributed by atoms with Gasteiger partial charge in [-0.25, -0.2) is 9.97 Å². The number of aromatic nitrogens is 2. The van der Waals surface area contributed by atoms with Gasteiger partial charge in [0.05, 0.1) is 5.42 Å². The lowest BCUT2D eigenvalue weighted by atomic mass is 9.97. The zero-order valence-electron chi connectivity index (χ0n) is 13.8. The van der Waals surface area contributed by atoms with E-state index in [1.807, 2.05) is 37.3 Å². The minimum absolute atomic E-state index is 0.654. The molecule has 0 spiro atoms. The van der Waals surface area contributed by atoms with Gasteiger partial charge in [-0.2, -0.15) is 0 Å². The van der Waals surface area contributed by atoms with Gasteiger partial charge in [0.15, 0.2) is 0 Å². The van der Waals surface area contributed by atoms with Gasteiger partial charge in [-0.3, -0.25) is 0 Å². The van der Waals surface area contributed by atoms with Crippen molar-refractivity contribution in [3.05, 3.63) is 52.9 Å². The van der Waals surface area contributed by atoms with Gasteiger partial charge in [-0.1, -0.05) is 32.7 Å². The van der Waals surface area contributed by atoms with Crippen molar-refractivity contribution in [2.75, 3.05) is 11.9 Å². The maximum absolute atomic E-state index is 4.37. The summed E-state index contributed by atoms with van der Waals surface area (Å²) in [5.41, 5.74) is 6.63. The molecule has 1 aromatic heterocycles. The summed E-state index contributed by atoms with van der Waals surface area (Å²) < 4.78 is 0. The van der Waals surface area contributed by atoms with E-state index in [2.05, 4.69) is 53.1 Å². The summed E-state index contributed by atoms with van der Waals surface area (Å²) >= 11 is 0. The predicted octanol–water partition coefficient (Wildman–Crippen LogP) is 4.35. The van der Waals surface area contributed by atoms with Gasteiger partial charge in [0, 0.05) is 25.0 Å². The normalized spacial score (nSPS) is 9.81. The molecule has 0 saturated carbocycles. The highest BCUT2D eigenvalue weighted by atomic mass is 31.0. The zero-order valence-corrected chi connectivity index (χ0v) is 14.8. The van der Waals surface area contributed by atoms with E-state index in [0.29, 0.717) is 5.95 Å². The molecule has 1 rings (SSSR count). The smallest absolute Gasteiger partial charge is 0.229 e. The average Bonchev–Trinajstić information content (AvgIpc) is 2.43. The maximum Gasteiger partial charge on any atom is 0.229 e. The third kappa shape index (κ3) is 4.12. The van der Waals surface area contributed by atoms with E-state index in [4.69, 9.17) is 0 Å². The summed E-state index contributed by atoms with van der Waals surface area (Å²) in [5, 5.41) is 0. The molecule has 0 bridgehead atoms. The van der Waals surface area contributed by atoms with Crippen LogP contribution in [0.15, 0.2) is 47.3 Å². The van der Waals surface area contributed by atoms with Gasteiger partial charge in [-0.15, -0.1) is 0 Å². The molecule has 0 saturated heterocycles. The van der Waals surface area contributed by atoms with E-state index in [-0.39, 0.29) is 0 Å². The standard InChI is InChI=1S/C17H24N3P/c1-8-14(11(2)3)15(12(4)5)16(21)20(7)17-18-9-13(6)10-19-17/h8-10,21H,1H2,2-7H3. The Bertz CT molecular complexity index is 601. The van der Waals surface area contributed by atoms with Gasteiger partial charge in [0.1, 0.15) is 0 Å². The van der Waals surface area contributed by atoms with Crippen molar-refractivity contribution in [2.24, 2.45) is 0 Å². The number of nitrogens with zero attached hydrogens (tertiary/aromatic N) is 3. The van der Waals surface area contributed by atoms with Crippen LogP contribution in [-0.2, 0) is 0 Å². The highest BCUT2D eigenvalue weighted by Crippen LogP contribution is 2.24. The van der Waals surface area contributed by atoms with E-state index in [9.17, 15) is 0 Å². The fourth-order valence-electron chi connectivity index (χ4n) is 2.02. The molecule has 4 heteroatoms. The quantitative estimate of drug-likeness (QED) is 0.598. The minimum atomic E-state index is 0.654. The summed E-state index contributed by atoms with van der Waals surface area (Å²) in [4.78, 5) is 10.7. The van der Waals surface area contributed by atoms with Crippen LogP contribution >= 0.6 is 8.86 Å². The highest BCUT2D eigenvalue weighted by molar-refractivity contribution is 7.22. The maximum atomic E-state index is 4.37. The molecule has 0 radical (unpaired) electrons. The number of allylic oxidation sites excluding steroid dienone is 3. The molecule has 0 N–H and O–H groups in total. The van der Waals surface area contributed by atoms with Crippen molar-refractivity contribution < 1.29 is 0 Å². The molecule has 1 heterocycles. The molecule has 112 valence electrons. The van der Waals surface area contributed by atoms with Crippen molar-refractivity contribution in [1.29, 1.82) is 0 Å². The Morgan fingerprint density at radius 3 is 2.05 bits per heavy atom. The lowest BCUT2D eigenvalue weighted by Gasteiger charge is -2.24. The molecule has 0 aliphatic heterocycles. The first-order valence-electron chi connectivity index (χ1n) is 6.88. The highest BCUT2D eigenvalue weighted by Gasteiger charge is 2.17. The Morgan fingerprint density at radius 1 is 1.14 bits per heavy atom. The fraction of sp³-hybridized carbons (Fsp3) is 0.353. The molecule has 0 aliphatic carbocycles. The van der Waals surface area contributed by atoms with E-state index < -0.39 is 0 Å². The molecule has 0 aliphatic rings. The largest absolute Gasteiger partial charge is 0.310 e. The second kappa shape index (κ2) is 7.33. The second-order valence-electron chi connectivity index (χ2n) is 5.46. The Labute approximate surface area is 130 Å². The van der Waals surface area contributed by atoms with Crippen LogP contribution in [0.5, 0.6) is 0 Å². The first-order chi connectivity index (χ1) is 9.79. The monoisotopic (exact) mass is 301 g/mol. The molecule has 3 nitrogen and oxygen atoms in total. The molecule has 21 heavy (non-hydrogen) atoms. The third-order valence-electron chi connectivity index (χ3n) is 3.15. The van der Waals surface area contributed by atoms with Crippen LogP contribution < -0.4 is 4.90 Å².